The number of rotatable bonds is 4. The highest BCUT2D eigenvalue weighted by molar-refractivity contribution is 6.04. The van der Waals surface area contributed by atoms with Crippen LogP contribution < -0.4 is 10.6 Å². The summed E-state index contributed by atoms with van der Waals surface area (Å²) in [5.74, 6) is 1.21. The maximum Gasteiger partial charge on any atom is 0.255 e. The number of carbonyl (C=O) groups is 1. The van der Waals surface area contributed by atoms with Crippen LogP contribution >= 0.6 is 0 Å². The molecule has 0 bridgehead atoms. The Kier molecular flexibility index (Phi) is 4.99. The number of imidazole rings is 1. The van der Waals surface area contributed by atoms with Crippen LogP contribution in [0.25, 0.3) is 22.6 Å². The minimum atomic E-state index is -0.123. The zero-order valence-corrected chi connectivity index (χ0v) is 16.6. The third-order valence-electron chi connectivity index (χ3n) is 5.62. The highest BCUT2D eigenvalue weighted by atomic mass is 16.1. The number of H-pyrrole nitrogens is 1. The number of benzene rings is 2. The topological polar surface area (TPSA) is 82.7 Å². The van der Waals surface area contributed by atoms with E-state index in [0.717, 1.165) is 54.2 Å². The molecule has 0 saturated carbocycles. The number of piperidine rings is 1. The molecular weight excluding hydrogens is 374 g/mol. The molecule has 2 aromatic heterocycles. The third-order valence-corrected chi connectivity index (χ3v) is 5.62. The van der Waals surface area contributed by atoms with Crippen LogP contribution in [0.1, 0.15) is 34.7 Å². The Balaban J connectivity index is 1.34. The molecule has 0 unspecified atom stereocenters. The van der Waals surface area contributed by atoms with Crippen molar-refractivity contribution >= 4 is 22.8 Å². The van der Waals surface area contributed by atoms with E-state index in [4.69, 9.17) is 0 Å². The van der Waals surface area contributed by atoms with Crippen LogP contribution in [0, 0.1) is 0 Å². The summed E-state index contributed by atoms with van der Waals surface area (Å²) < 4.78 is 0. The molecule has 150 valence electrons. The molecule has 3 N–H and O–H groups in total. The maximum atomic E-state index is 12.3. The van der Waals surface area contributed by atoms with Crippen molar-refractivity contribution in [3.8, 4) is 11.4 Å². The lowest BCUT2D eigenvalue weighted by atomic mass is 9.91. The van der Waals surface area contributed by atoms with Crippen LogP contribution in [0.2, 0.25) is 0 Å². The summed E-state index contributed by atoms with van der Waals surface area (Å²) in [5.41, 5.74) is 5.29. The van der Waals surface area contributed by atoms with E-state index in [1.54, 1.807) is 12.1 Å². The summed E-state index contributed by atoms with van der Waals surface area (Å²) >= 11 is 0. The van der Waals surface area contributed by atoms with E-state index in [2.05, 4.69) is 31.7 Å². The second-order valence-electron chi connectivity index (χ2n) is 7.65. The fraction of sp³-hybridized carbons (Fsp3) is 0.208. The number of aromatic nitrogens is 3. The van der Waals surface area contributed by atoms with Gasteiger partial charge in [0.05, 0.1) is 5.52 Å². The van der Waals surface area contributed by atoms with Crippen molar-refractivity contribution in [3.05, 3.63) is 78.0 Å². The predicted molar refractivity (Wildman–Crippen MR) is 119 cm³/mol. The molecule has 0 spiro atoms. The fourth-order valence-electron chi connectivity index (χ4n) is 3.94. The molecule has 6 nitrogen and oxygen atoms in total. The van der Waals surface area contributed by atoms with Gasteiger partial charge >= 0.3 is 0 Å². The molecule has 1 fully saturated rings. The number of carbonyl (C=O) groups excluding carboxylic acids is 1. The summed E-state index contributed by atoms with van der Waals surface area (Å²) in [6.07, 6.45) is 4.25. The first-order valence-corrected chi connectivity index (χ1v) is 10.3. The van der Waals surface area contributed by atoms with Gasteiger partial charge in [0.2, 0.25) is 0 Å². The van der Waals surface area contributed by atoms with Crippen LogP contribution in [0.15, 0.2) is 66.9 Å². The lowest BCUT2D eigenvalue weighted by Gasteiger charge is -2.22. The Morgan fingerprint density at radius 2 is 1.77 bits per heavy atom. The zero-order valence-electron chi connectivity index (χ0n) is 16.6. The number of anilines is 1. The highest BCUT2D eigenvalue weighted by Gasteiger charge is 2.17. The van der Waals surface area contributed by atoms with Crippen molar-refractivity contribution in [2.24, 2.45) is 0 Å². The van der Waals surface area contributed by atoms with Gasteiger partial charge in [0, 0.05) is 23.0 Å². The van der Waals surface area contributed by atoms with E-state index < -0.39 is 0 Å². The van der Waals surface area contributed by atoms with Crippen LogP contribution in [-0.2, 0) is 0 Å². The lowest BCUT2D eigenvalue weighted by molar-refractivity contribution is 0.102. The van der Waals surface area contributed by atoms with E-state index in [9.17, 15) is 4.79 Å². The molecule has 1 aliphatic rings. The average Bonchev–Trinajstić information content (AvgIpc) is 3.24. The first-order valence-electron chi connectivity index (χ1n) is 10.3. The molecule has 6 heteroatoms. The van der Waals surface area contributed by atoms with Gasteiger partial charge < -0.3 is 15.6 Å². The summed E-state index contributed by atoms with van der Waals surface area (Å²) in [6.45, 7) is 2.12. The summed E-state index contributed by atoms with van der Waals surface area (Å²) in [6, 6.07) is 19.0. The van der Waals surface area contributed by atoms with Gasteiger partial charge in [-0.25, -0.2) is 9.97 Å². The van der Waals surface area contributed by atoms with Gasteiger partial charge in [0.1, 0.15) is 5.82 Å². The van der Waals surface area contributed by atoms with E-state index in [1.165, 1.54) is 5.56 Å². The molecule has 0 atom stereocenters. The van der Waals surface area contributed by atoms with Gasteiger partial charge in [-0.05, 0) is 79.9 Å². The minimum Gasteiger partial charge on any atom is -0.337 e. The predicted octanol–water partition coefficient (Wildman–Crippen LogP) is 4.34. The van der Waals surface area contributed by atoms with Crippen LogP contribution in [-0.4, -0.2) is 33.9 Å². The molecule has 2 aromatic carbocycles. The average molecular weight is 397 g/mol. The number of fused-ring (bicyclic) bond motifs is 1. The van der Waals surface area contributed by atoms with Gasteiger partial charge in [-0.1, -0.05) is 18.2 Å². The van der Waals surface area contributed by atoms with Crippen molar-refractivity contribution in [2.75, 3.05) is 18.4 Å². The maximum absolute atomic E-state index is 12.3. The molecule has 1 saturated heterocycles. The van der Waals surface area contributed by atoms with Gasteiger partial charge in [-0.3, -0.25) is 4.79 Å². The molecule has 1 aliphatic heterocycles. The summed E-state index contributed by atoms with van der Waals surface area (Å²) in [5, 5.41) is 6.33. The van der Waals surface area contributed by atoms with Crippen molar-refractivity contribution in [3.63, 3.8) is 0 Å². The molecule has 0 radical (unpaired) electrons. The van der Waals surface area contributed by atoms with E-state index >= 15 is 0 Å². The van der Waals surface area contributed by atoms with Crippen molar-refractivity contribution < 1.29 is 4.79 Å². The number of nitrogens with one attached hydrogen (secondary N) is 3. The van der Waals surface area contributed by atoms with Gasteiger partial charge in [0.25, 0.3) is 5.91 Å². The molecule has 0 aliphatic carbocycles. The largest absolute Gasteiger partial charge is 0.337 e. The van der Waals surface area contributed by atoms with E-state index in [0.29, 0.717) is 11.5 Å². The molecule has 5 rings (SSSR count). The first kappa shape index (κ1) is 18.5. The zero-order chi connectivity index (χ0) is 20.3. The van der Waals surface area contributed by atoms with Crippen LogP contribution in [0.3, 0.4) is 0 Å². The van der Waals surface area contributed by atoms with Crippen LogP contribution in [0.4, 0.5) is 5.69 Å². The second-order valence-corrected chi connectivity index (χ2v) is 7.65. The third kappa shape index (κ3) is 3.82. The molecular formula is C24H23N5O. The SMILES string of the molecule is O=C(Nc1ccc(-c2nc3ncc(C4CCNCC4)cc3[nH]2)cc1)c1ccccc1. The molecule has 30 heavy (non-hydrogen) atoms. The van der Waals surface area contributed by atoms with Crippen molar-refractivity contribution in [2.45, 2.75) is 18.8 Å². The number of nitrogens with zero attached hydrogens (tertiary/aromatic N) is 2. The Labute approximate surface area is 174 Å². The molecule has 4 aromatic rings. The number of amides is 1. The monoisotopic (exact) mass is 397 g/mol. The van der Waals surface area contributed by atoms with Gasteiger partial charge in [-0.15, -0.1) is 0 Å². The van der Waals surface area contributed by atoms with Gasteiger partial charge in [0.15, 0.2) is 5.65 Å². The van der Waals surface area contributed by atoms with E-state index in [1.807, 2.05) is 48.7 Å². The van der Waals surface area contributed by atoms with Gasteiger partial charge in [-0.2, -0.15) is 0 Å². The molecule has 3 heterocycles. The number of aromatic amines is 1. The number of hydrogen-bond donors (Lipinski definition) is 3. The Morgan fingerprint density at radius 3 is 2.53 bits per heavy atom. The number of hydrogen-bond acceptors (Lipinski definition) is 4. The summed E-state index contributed by atoms with van der Waals surface area (Å²) in [4.78, 5) is 24.9. The Morgan fingerprint density at radius 1 is 1.00 bits per heavy atom. The molecule has 1 amide bonds. The second kappa shape index (κ2) is 8.08. The summed E-state index contributed by atoms with van der Waals surface area (Å²) in [7, 11) is 0. The van der Waals surface area contributed by atoms with Crippen molar-refractivity contribution in [1.82, 2.24) is 20.3 Å². The smallest absolute Gasteiger partial charge is 0.255 e. The lowest BCUT2D eigenvalue weighted by Crippen LogP contribution is -2.26. The quantitative estimate of drug-likeness (QED) is 0.478. The Bertz CT molecular complexity index is 1160. The fourth-order valence-corrected chi connectivity index (χ4v) is 3.94. The normalized spacial score (nSPS) is 14.7. The minimum absolute atomic E-state index is 0.123. The standard InChI is InChI=1S/C24H23N5O/c30-24(18-4-2-1-3-5-18)27-20-8-6-17(7-9-20)22-28-21-14-19(15-26-23(21)29-22)16-10-12-25-13-11-16/h1-9,14-16,25H,10-13H2,(H,27,30)(H,26,28,29). The highest BCUT2D eigenvalue weighted by Crippen LogP contribution is 2.28. The number of pyridine rings is 1. The van der Waals surface area contributed by atoms with Crippen molar-refractivity contribution in [1.29, 1.82) is 0 Å². The van der Waals surface area contributed by atoms with E-state index in [-0.39, 0.29) is 5.91 Å². The van der Waals surface area contributed by atoms with Crippen LogP contribution in [0.5, 0.6) is 0 Å². The Hall–Kier alpha value is -3.51. The first-order chi connectivity index (χ1) is 14.8.